The number of aliphatic hydroxyl groups is 4. The highest BCUT2D eigenvalue weighted by Gasteiger charge is 2.44. The van der Waals surface area contributed by atoms with Crippen LogP contribution in [0, 0.1) is 0 Å². The predicted octanol–water partition coefficient (Wildman–Crippen LogP) is 7.88. The molecule has 1 aliphatic heterocycles. The topological polar surface area (TPSA) is 152 Å². The number of hydrogen-bond donors (Lipinski definition) is 4. The standard InChI is InChI=1S/C43H72O10/c1-3-5-7-9-11-13-14-15-16-17-18-19-20-21-22-24-25-27-29-31-38(45)50-34-36(35-51-43-42(49)41(48)40(47)37(33-44)53-43)52-39(46)32-30-28-26-23-12-10-8-6-4-2/h11,13,15-16,18-19,21-22,25,27,36-37,40-44,47-49H,3-10,12,14,17,20,23-24,26,28-35H2,1-2H3/b13-11+,16-15+,19-18+,22-21+,27-25+/t36-,37-,40+,41?,42?,43-/m0/s1. The summed E-state index contributed by atoms with van der Waals surface area (Å²) in [5.41, 5.74) is 0. The zero-order valence-corrected chi connectivity index (χ0v) is 32.7. The summed E-state index contributed by atoms with van der Waals surface area (Å²) in [4.78, 5) is 25.1. The Bertz CT molecular complexity index is 1050. The van der Waals surface area contributed by atoms with Crippen molar-refractivity contribution in [2.45, 2.75) is 179 Å². The van der Waals surface area contributed by atoms with Crippen molar-refractivity contribution in [3.8, 4) is 0 Å². The summed E-state index contributed by atoms with van der Waals surface area (Å²) < 4.78 is 22.0. The highest BCUT2D eigenvalue weighted by Crippen LogP contribution is 2.22. The van der Waals surface area contributed by atoms with Crippen LogP contribution in [0.4, 0.5) is 0 Å². The van der Waals surface area contributed by atoms with Crippen LogP contribution in [0.2, 0.25) is 0 Å². The van der Waals surface area contributed by atoms with Gasteiger partial charge in [0, 0.05) is 12.8 Å². The lowest BCUT2D eigenvalue weighted by molar-refractivity contribution is -0.305. The molecule has 0 bridgehead atoms. The molecular formula is C43H72O10. The van der Waals surface area contributed by atoms with Crippen LogP contribution in [0.3, 0.4) is 0 Å². The van der Waals surface area contributed by atoms with E-state index in [0.717, 1.165) is 44.9 Å². The molecule has 0 spiro atoms. The third kappa shape index (κ3) is 25.9. The van der Waals surface area contributed by atoms with Gasteiger partial charge in [-0.2, -0.15) is 0 Å². The van der Waals surface area contributed by atoms with E-state index in [2.05, 4.69) is 62.5 Å². The number of aliphatic hydroxyl groups excluding tert-OH is 4. The average molecular weight is 749 g/mol. The normalized spacial score (nSPS) is 21.5. The molecule has 0 aliphatic carbocycles. The lowest BCUT2D eigenvalue weighted by Crippen LogP contribution is -2.59. The SMILES string of the molecule is CCCCC/C=C/C/C=C/C/C=C/C/C=C/C/C=C/CCC(=O)OC[C@@H](CO[C@H]1O[C@@H](CO)[C@@H](O)C(O)C1O)OC(=O)CCCCCCCCCCC. The zero-order valence-electron chi connectivity index (χ0n) is 32.7. The summed E-state index contributed by atoms with van der Waals surface area (Å²) in [5.74, 6) is -0.911. The van der Waals surface area contributed by atoms with Gasteiger partial charge in [-0.3, -0.25) is 9.59 Å². The van der Waals surface area contributed by atoms with Gasteiger partial charge in [-0.05, 0) is 51.4 Å². The van der Waals surface area contributed by atoms with Gasteiger partial charge in [0.2, 0.25) is 0 Å². The van der Waals surface area contributed by atoms with Crippen LogP contribution >= 0.6 is 0 Å². The summed E-state index contributed by atoms with van der Waals surface area (Å²) >= 11 is 0. The van der Waals surface area contributed by atoms with E-state index in [1.54, 1.807) is 0 Å². The van der Waals surface area contributed by atoms with Gasteiger partial charge in [-0.25, -0.2) is 0 Å². The minimum absolute atomic E-state index is 0.151. The smallest absolute Gasteiger partial charge is 0.306 e. The van der Waals surface area contributed by atoms with Gasteiger partial charge in [0.1, 0.15) is 31.0 Å². The molecule has 1 heterocycles. The molecule has 6 atom stereocenters. The first-order valence-corrected chi connectivity index (χ1v) is 20.4. The van der Waals surface area contributed by atoms with Crippen molar-refractivity contribution < 1.29 is 49.0 Å². The van der Waals surface area contributed by atoms with Crippen molar-refractivity contribution in [1.82, 2.24) is 0 Å². The van der Waals surface area contributed by atoms with Crippen molar-refractivity contribution >= 4 is 11.9 Å². The Hall–Kier alpha value is -2.60. The molecule has 0 radical (unpaired) electrons. The molecule has 0 amide bonds. The van der Waals surface area contributed by atoms with E-state index >= 15 is 0 Å². The Kier molecular flexibility index (Phi) is 31.0. The van der Waals surface area contributed by atoms with Crippen molar-refractivity contribution in [3.05, 3.63) is 60.8 Å². The second kappa shape index (κ2) is 33.9. The summed E-state index contributed by atoms with van der Waals surface area (Å²) in [5, 5.41) is 39.9. The van der Waals surface area contributed by atoms with Crippen molar-refractivity contribution in [1.29, 1.82) is 0 Å². The maximum atomic E-state index is 12.6. The number of hydrogen-bond acceptors (Lipinski definition) is 10. The largest absolute Gasteiger partial charge is 0.462 e. The second-order valence-corrected chi connectivity index (χ2v) is 13.7. The highest BCUT2D eigenvalue weighted by molar-refractivity contribution is 5.70. The van der Waals surface area contributed by atoms with Crippen molar-refractivity contribution in [2.24, 2.45) is 0 Å². The molecule has 0 aromatic carbocycles. The second-order valence-electron chi connectivity index (χ2n) is 13.7. The Labute approximate surface area is 320 Å². The Morgan fingerprint density at radius 3 is 1.66 bits per heavy atom. The quantitative estimate of drug-likeness (QED) is 0.0304. The first-order valence-electron chi connectivity index (χ1n) is 20.4. The molecule has 10 heteroatoms. The minimum Gasteiger partial charge on any atom is -0.462 e. The van der Waals surface area contributed by atoms with Crippen LogP contribution < -0.4 is 0 Å². The van der Waals surface area contributed by atoms with E-state index < -0.39 is 55.4 Å². The Balaban J connectivity index is 2.41. The number of carbonyl (C=O) groups is 2. The molecule has 2 unspecified atom stereocenters. The zero-order chi connectivity index (χ0) is 38.8. The van der Waals surface area contributed by atoms with Crippen LogP contribution in [0.1, 0.15) is 142 Å². The molecule has 0 aromatic heterocycles. The lowest BCUT2D eigenvalue weighted by Gasteiger charge is -2.39. The maximum absolute atomic E-state index is 12.6. The van der Waals surface area contributed by atoms with Gasteiger partial charge in [0.25, 0.3) is 0 Å². The average Bonchev–Trinajstić information content (AvgIpc) is 3.15. The van der Waals surface area contributed by atoms with Crippen LogP contribution in [0.5, 0.6) is 0 Å². The van der Waals surface area contributed by atoms with Crippen LogP contribution in [-0.2, 0) is 28.5 Å². The van der Waals surface area contributed by atoms with Gasteiger partial charge >= 0.3 is 11.9 Å². The van der Waals surface area contributed by atoms with E-state index in [0.29, 0.717) is 12.8 Å². The van der Waals surface area contributed by atoms with E-state index in [1.807, 2.05) is 12.2 Å². The number of allylic oxidation sites excluding steroid dienone is 10. The first-order chi connectivity index (χ1) is 25.8. The van der Waals surface area contributed by atoms with Gasteiger partial charge in [-0.15, -0.1) is 0 Å². The molecule has 304 valence electrons. The van der Waals surface area contributed by atoms with Gasteiger partial charge in [0.15, 0.2) is 12.4 Å². The van der Waals surface area contributed by atoms with Crippen molar-refractivity contribution in [3.63, 3.8) is 0 Å². The van der Waals surface area contributed by atoms with Crippen molar-refractivity contribution in [2.75, 3.05) is 19.8 Å². The Morgan fingerprint density at radius 1 is 0.585 bits per heavy atom. The van der Waals surface area contributed by atoms with E-state index in [1.165, 1.54) is 57.8 Å². The molecule has 1 rings (SSSR count). The summed E-state index contributed by atoms with van der Waals surface area (Å²) in [7, 11) is 0. The van der Waals surface area contributed by atoms with E-state index in [4.69, 9.17) is 18.9 Å². The fourth-order valence-electron chi connectivity index (χ4n) is 5.64. The minimum atomic E-state index is -1.60. The molecule has 1 saturated heterocycles. The summed E-state index contributed by atoms with van der Waals surface area (Å²) in [6, 6.07) is 0. The molecule has 4 N–H and O–H groups in total. The summed E-state index contributed by atoms with van der Waals surface area (Å²) in [6.45, 7) is 3.27. The molecule has 10 nitrogen and oxygen atoms in total. The van der Waals surface area contributed by atoms with Crippen LogP contribution in [-0.4, -0.2) is 89.0 Å². The third-order valence-electron chi connectivity index (χ3n) is 8.92. The van der Waals surface area contributed by atoms with E-state index in [-0.39, 0.29) is 26.1 Å². The van der Waals surface area contributed by atoms with Crippen LogP contribution in [0.25, 0.3) is 0 Å². The van der Waals surface area contributed by atoms with Gasteiger partial charge in [-0.1, -0.05) is 139 Å². The molecular weight excluding hydrogens is 676 g/mol. The van der Waals surface area contributed by atoms with Crippen LogP contribution in [0.15, 0.2) is 60.8 Å². The third-order valence-corrected chi connectivity index (χ3v) is 8.92. The highest BCUT2D eigenvalue weighted by atomic mass is 16.7. The predicted molar refractivity (Wildman–Crippen MR) is 210 cm³/mol. The molecule has 53 heavy (non-hydrogen) atoms. The molecule has 1 aliphatic rings. The van der Waals surface area contributed by atoms with Gasteiger partial charge < -0.3 is 39.4 Å². The summed E-state index contributed by atoms with van der Waals surface area (Å²) in [6.07, 6.45) is 32.5. The lowest BCUT2D eigenvalue weighted by atomic mass is 9.99. The first kappa shape index (κ1) is 48.4. The Morgan fingerprint density at radius 2 is 1.09 bits per heavy atom. The number of carbonyl (C=O) groups excluding carboxylic acids is 2. The van der Waals surface area contributed by atoms with E-state index in [9.17, 15) is 30.0 Å². The number of rotatable bonds is 32. The monoisotopic (exact) mass is 749 g/mol. The number of ether oxygens (including phenoxy) is 4. The molecule has 0 saturated carbocycles. The fourth-order valence-corrected chi connectivity index (χ4v) is 5.64. The molecule has 0 aromatic rings. The molecule has 1 fully saturated rings. The maximum Gasteiger partial charge on any atom is 0.306 e. The number of unbranched alkanes of at least 4 members (excludes halogenated alkanes) is 11. The fraction of sp³-hybridized carbons (Fsp3) is 0.721. The number of esters is 2. The van der Waals surface area contributed by atoms with Gasteiger partial charge in [0.05, 0.1) is 13.2 Å².